The largest absolute Gasteiger partial charge is 0.465 e. The van der Waals surface area contributed by atoms with Gasteiger partial charge in [-0.05, 0) is 55.4 Å². The number of carbonyl (C=O) groups excluding carboxylic acids is 2. The van der Waals surface area contributed by atoms with Crippen LogP contribution < -0.4 is 0 Å². The maximum Gasteiger partial charge on any atom is 0.341 e. The molecule has 26 heavy (non-hydrogen) atoms. The Morgan fingerprint density at radius 2 is 1.88 bits per heavy atom. The molecule has 1 aromatic carbocycles. The van der Waals surface area contributed by atoms with Gasteiger partial charge in [-0.2, -0.15) is 0 Å². The molecule has 0 N–H and O–H groups in total. The predicted molar refractivity (Wildman–Crippen MR) is 98.0 cm³/mol. The summed E-state index contributed by atoms with van der Waals surface area (Å²) in [7, 11) is 3.08. The quantitative estimate of drug-likeness (QED) is 0.771. The molecule has 3 rings (SSSR count). The van der Waals surface area contributed by atoms with Crippen LogP contribution in [-0.2, 0) is 35.3 Å². The van der Waals surface area contributed by atoms with Crippen molar-refractivity contribution in [3.8, 4) is 0 Å². The number of hydrogen-bond donors (Lipinski definition) is 0. The number of methoxy groups -OCH3 is 1. The SMILES string of the molecule is COC(=O)c1cc(CN(C)C(=O)Cc2ccc3c(c2)CCCC3)oc1C. The van der Waals surface area contributed by atoms with Gasteiger partial charge in [0.05, 0.1) is 20.1 Å². The Labute approximate surface area is 153 Å². The van der Waals surface area contributed by atoms with Crippen LogP contribution in [0.2, 0.25) is 0 Å². The monoisotopic (exact) mass is 355 g/mol. The molecule has 1 aliphatic carbocycles. The summed E-state index contributed by atoms with van der Waals surface area (Å²) in [5, 5.41) is 0. The first-order chi connectivity index (χ1) is 12.5. The molecule has 0 fully saturated rings. The van der Waals surface area contributed by atoms with E-state index in [2.05, 4.69) is 18.2 Å². The van der Waals surface area contributed by atoms with Crippen LogP contribution in [0.15, 0.2) is 28.7 Å². The molecule has 0 saturated carbocycles. The zero-order valence-electron chi connectivity index (χ0n) is 15.6. The fourth-order valence-electron chi connectivity index (χ4n) is 3.46. The molecular weight excluding hydrogens is 330 g/mol. The zero-order chi connectivity index (χ0) is 18.7. The topological polar surface area (TPSA) is 59.8 Å². The average Bonchev–Trinajstić information content (AvgIpc) is 3.01. The number of hydrogen-bond acceptors (Lipinski definition) is 4. The fourth-order valence-corrected chi connectivity index (χ4v) is 3.46. The number of fused-ring (bicyclic) bond motifs is 1. The van der Waals surface area contributed by atoms with E-state index in [1.54, 1.807) is 24.9 Å². The van der Waals surface area contributed by atoms with Gasteiger partial charge in [-0.1, -0.05) is 18.2 Å². The van der Waals surface area contributed by atoms with E-state index in [1.165, 1.54) is 31.1 Å². The summed E-state index contributed by atoms with van der Waals surface area (Å²) in [5.41, 5.74) is 4.25. The summed E-state index contributed by atoms with van der Waals surface area (Å²) < 4.78 is 10.3. The van der Waals surface area contributed by atoms with Gasteiger partial charge < -0.3 is 14.1 Å². The van der Waals surface area contributed by atoms with Crippen LogP contribution in [0.3, 0.4) is 0 Å². The van der Waals surface area contributed by atoms with Crippen LogP contribution in [0.1, 0.15) is 51.4 Å². The number of carbonyl (C=O) groups is 2. The molecule has 2 aromatic rings. The minimum atomic E-state index is -0.430. The smallest absolute Gasteiger partial charge is 0.341 e. The van der Waals surface area contributed by atoms with Crippen LogP contribution in [0.4, 0.5) is 0 Å². The first kappa shape index (κ1) is 18.2. The maximum absolute atomic E-state index is 12.6. The van der Waals surface area contributed by atoms with Crippen molar-refractivity contribution in [1.29, 1.82) is 0 Å². The van der Waals surface area contributed by atoms with E-state index in [-0.39, 0.29) is 5.91 Å². The Morgan fingerprint density at radius 3 is 2.62 bits per heavy atom. The highest BCUT2D eigenvalue weighted by Crippen LogP contribution is 2.23. The second-order valence-electron chi connectivity index (χ2n) is 6.91. The van der Waals surface area contributed by atoms with Crippen LogP contribution in [0.5, 0.6) is 0 Å². The van der Waals surface area contributed by atoms with Gasteiger partial charge in [-0.3, -0.25) is 4.79 Å². The molecule has 5 heteroatoms. The molecule has 0 bridgehead atoms. The van der Waals surface area contributed by atoms with E-state index in [0.717, 1.165) is 18.4 Å². The number of likely N-dealkylation sites (N-methyl/N-ethyl adjacent to an activating group) is 1. The Hall–Kier alpha value is -2.56. The Balaban J connectivity index is 1.64. The second-order valence-corrected chi connectivity index (χ2v) is 6.91. The number of aryl methyl sites for hydroxylation is 3. The summed E-state index contributed by atoms with van der Waals surface area (Å²) in [6.45, 7) is 2.03. The van der Waals surface area contributed by atoms with Crippen molar-refractivity contribution >= 4 is 11.9 Å². The van der Waals surface area contributed by atoms with Gasteiger partial charge in [-0.25, -0.2) is 4.79 Å². The van der Waals surface area contributed by atoms with Crippen molar-refractivity contribution in [1.82, 2.24) is 4.90 Å². The molecule has 0 unspecified atom stereocenters. The molecule has 1 amide bonds. The average molecular weight is 355 g/mol. The van der Waals surface area contributed by atoms with E-state index in [1.807, 2.05) is 0 Å². The molecule has 1 aliphatic rings. The molecule has 5 nitrogen and oxygen atoms in total. The third-order valence-electron chi connectivity index (χ3n) is 4.96. The highest BCUT2D eigenvalue weighted by molar-refractivity contribution is 5.90. The highest BCUT2D eigenvalue weighted by Gasteiger charge is 2.18. The van der Waals surface area contributed by atoms with E-state index in [4.69, 9.17) is 9.15 Å². The van der Waals surface area contributed by atoms with Crippen LogP contribution in [-0.4, -0.2) is 30.9 Å². The van der Waals surface area contributed by atoms with Crippen LogP contribution in [0, 0.1) is 6.92 Å². The Bertz CT molecular complexity index is 821. The molecule has 138 valence electrons. The third-order valence-corrected chi connectivity index (χ3v) is 4.96. The van der Waals surface area contributed by atoms with Crippen LogP contribution >= 0.6 is 0 Å². The number of furan rings is 1. The van der Waals surface area contributed by atoms with Gasteiger partial charge in [-0.15, -0.1) is 0 Å². The van der Waals surface area contributed by atoms with Gasteiger partial charge in [0.25, 0.3) is 0 Å². The van der Waals surface area contributed by atoms with Gasteiger partial charge in [0.1, 0.15) is 17.1 Å². The molecule has 0 radical (unpaired) electrons. The lowest BCUT2D eigenvalue weighted by atomic mass is 9.90. The zero-order valence-corrected chi connectivity index (χ0v) is 15.6. The molecule has 0 aliphatic heterocycles. The van der Waals surface area contributed by atoms with Crippen molar-refractivity contribution in [3.63, 3.8) is 0 Å². The first-order valence-electron chi connectivity index (χ1n) is 9.00. The number of nitrogens with zero attached hydrogens (tertiary/aromatic N) is 1. The predicted octanol–water partition coefficient (Wildman–Crippen LogP) is 3.45. The lowest BCUT2D eigenvalue weighted by Crippen LogP contribution is -2.27. The molecule has 1 aromatic heterocycles. The third kappa shape index (κ3) is 3.98. The van der Waals surface area contributed by atoms with E-state index in [0.29, 0.717) is 30.0 Å². The van der Waals surface area contributed by atoms with Crippen LogP contribution in [0.25, 0.3) is 0 Å². The van der Waals surface area contributed by atoms with Crippen molar-refractivity contribution in [2.45, 2.75) is 45.6 Å². The maximum atomic E-state index is 12.6. The van der Waals surface area contributed by atoms with Gasteiger partial charge in [0.2, 0.25) is 5.91 Å². The summed E-state index contributed by atoms with van der Waals surface area (Å²) in [6, 6.07) is 8.04. The van der Waals surface area contributed by atoms with Crippen molar-refractivity contribution < 1.29 is 18.7 Å². The number of rotatable bonds is 5. The van der Waals surface area contributed by atoms with Crippen molar-refractivity contribution in [2.24, 2.45) is 0 Å². The molecule has 0 spiro atoms. The Morgan fingerprint density at radius 1 is 1.15 bits per heavy atom. The first-order valence-corrected chi connectivity index (χ1v) is 9.00. The van der Waals surface area contributed by atoms with Gasteiger partial charge in [0.15, 0.2) is 0 Å². The summed E-state index contributed by atoms with van der Waals surface area (Å²) in [4.78, 5) is 25.8. The summed E-state index contributed by atoms with van der Waals surface area (Å²) >= 11 is 0. The number of amides is 1. The highest BCUT2D eigenvalue weighted by atomic mass is 16.5. The molecule has 0 saturated heterocycles. The van der Waals surface area contributed by atoms with Gasteiger partial charge in [0, 0.05) is 7.05 Å². The minimum absolute atomic E-state index is 0.0226. The lowest BCUT2D eigenvalue weighted by Gasteiger charge is -2.18. The Kier molecular flexibility index (Phi) is 5.45. The number of esters is 1. The second kappa shape index (κ2) is 7.77. The van der Waals surface area contributed by atoms with Gasteiger partial charge >= 0.3 is 5.97 Å². The van der Waals surface area contributed by atoms with Crippen molar-refractivity contribution in [3.05, 3.63) is 58.0 Å². The standard InChI is InChI=1S/C21H25NO4/c1-14-19(21(24)25-3)12-18(26-14)13-22(2)20(23)11-15-8-9-16-6-4-5-7-17(16)10-15/h8-10,12H,4-7,11,13H2,1-3H3. The van der Waals surface area contributed by atoms with Crippen molar-refractivity contribution in [2.75, 3.05) is 14.2 Å². The molecule has 1 heterocycles. The number of ether oxygens (including phenoxy) is 1. The normalized spacial score (nSPS) is 13.2. The fraction of sp³-hybridized carbons (Fsp3) is 0.429. The van der Waals surface area contributed by atoms with E-state index in [9.17, 15) is 9.59 Å². The van der Waals surface area contributed by atoms with E-state index >= 15 is 0 Å². The molecular formula is C21H25NO4. The van der Waals surface area contributed by atoms with E-state index < -0.39 is 5.97 Å². The molecule has 0 atom stereocenters. The summed E-state index contributed by atoms with van der Waals surface area (Å²) in [5.74, 6) is 0.668. The minimum Gasteiger partial charge on any atom is -0.465 e. The lowest BCUT2D eigenvalue weighted by molar-refractivity contribution is -0.129. The number of benzene rings is 1. The summed E-state index contributed by atoms with van der Waals surface area (Å²) in [6.07, 6.45) is 5.10.